The number of aromatic nitrogens is 1. The van der Waals surface area contributed by atoms with Gasteiger partial charge in [0, 0.05) is 23.3 Å². The van der Waals surface area contributed by atoms with Gasteiger partial charge in [-0.1, -0.05) is 25.5 Å². The number of nitriles is 1. The van der Waals surface area contributed by atoms with Gasteiger partial charge in [-0.05, 0) is 61.4 Å². The van der Waals surface area contributed by atoms with E-state index in [9.17, 15) is 24.4 Å². The Morgan fingerprint density at radius 2 is 1.55 bits per heavy atom. The first-order chi connectivity index (χ1) is 20.2. The molecule has 42 heavy (non-hydrogen) atoms. The predicted molar refractivity (Wildman–Crippen MR) is 165 cm³/mol. The zero-order chi connectivity index (χ0) is 30.0. The van der Waals surface area contributed by atoms with Crippen LogP contribution < -0.4 is 48.9 Å². The van der Waals surface area contributed by atoms with E-state index in [1.165, 1.54) is 18.2 Å². The fraction of sp³-hybridized carbons (Fsp3) is 0.161. The van der Waals surface area contributed by atoms with Gasteiger partial charge in [-0.3, -0.25) is 30.0 Å². The summed E-state index contributed by atoms with van der Waals surface area (Å²) in [5.74, 6) is 0.338. The number of hydrogen-bond acceptors (Lipinski definition) is 11. The van der Waals surface area contributed by atoms with Gasteiger partial charge >= 0.3 is 0 Å². The molecule has 1 heterocycles. The standard InChI is InChI=1S/C31H27N7O4/c1-3-4-14-34-17-8-10-18(11-9-17)35-31-20(15-32)16(2)27(30(33)36-31)38-37-21-7-5-6-19-24(21)29(42)26-23(40)13-12-22(39)25(26)28(19)41/h5-13,34,37-38H,3-4,14H2,1-2H3,(H3,33,35,36). The number of benzene rings is 2. The number of anilines is 6. The van der Waals surface area contributed by atoms with Crippen molar-refractivity contribution in [1.82, 2.24) is 4.98 Å². The Morgan fingerprint density at radius 3 is 2.21 bits per heavy atom. The summed E-state index contributed by atoms with van der Waals surface area (Å²) in [6.07, 6.45) is 2.17. The molecule has 0 amide bonds. The predicted octanol–water partition coefficient (Wildman–Crippen LogP) is 3.43. The van der Waals surface area contributed by atoms with Crippen molar-refractivity contribution in [3.8, 4) is 6.07 Å². The van der Waals surface area contributed by atoms with Crippen LogP contribution in [0.3, 0.4) is 0 Å². The summed E-state index contributed by atoms with van der Waals surface area (Å²) in [5, 5.41) is 15.5. The lowest BCUT2D eigenvalue weighted by Crippen LogP contribution is -2.28. The SMILES string of the molecule is CCCCNc1ccc(Nc2nc(N)c(NNc3cccc4c(=O)c5c(=O)ccc(=O)c=5c(=O)c34)c(C)c2C#N)cc1. The maximum atomic E-state index is 13.3. The lowest BCUT2D eigenvalue weighted by Gasteiger charge is -2.18. The maximum absolute atomic E-state index is 13.3. The van der Waals surface area contributed by atoms with Gasteiger partial charge in [0.1, 0.15) is 11.8 Å². The van der Waals surface area contributed by atoms with Crippen LogP contribution in [0.5, 0.6) is 0 Å². The van der Waals surface area contributed by atoms with Crippen molar-refractivity contribution in [1.29, 1.82) is 5.26 Å². The Hall–Kier alpha value is -5.76. The van der Waals surface area contributed by atoms with Crippen molar-refractivity contribution in [3.05, 3.63) is 117 Å². The number of pyridine rings is 1. The molecule has 0 saturated carbocycles. The van der Waals surface area contributed by atoms with E-state index in [0.29, 0.717) is 5.56 Å². The van der Waals surface area contributed by atoms with Gasteiger partial charge in [0.25, 0.3) is 0 Å². The van der Waals surface area contributed by atoms with Crippen LogP contribution in [0, 0.1) is 28.7 Å². The van der Waals surface area contributed by atoms with Crippen LogP contribution in [0.15, 0.2) is 73.8 Å². The summed E-state index contributed by atoms with van der Waals surface area (Å²) in [5.41, 5.74) is 12.1. The van der Waals surface area contributed by atoms with Gasteiger partial charge in [0.2, 0.25) is 5.43 Å². The molecule has 0 aliphatic heterocycles. The molecule has 11 heteroatoms. The molecule has 11 nitrogen and oxygen atoms in total. The quantitative estimate of drug-likeness (QED) is 0.131. The molecule has 0 saturated heterocycles. The molecule has 3 aromatic rings. The Labute approximate surface area is 239 Å². The van der Waals surface area contributed by atoms with Crippen LogP contribution in [0.4, 0.5) is 34.4 Å². The Kier molecular flexibility index (Phi) is 7.53. The minimum atomic E-state index is -0.737. The van der Waals surface area contributed by atoms with Gasteiger partial charge < -0.3 is 16.4 Å². The summed E-state index contributed by atoms with van der Waals surface area (Å²) in [7, 11) is 0. The molecule has 210 valence electrons. The van der Waals surface area contributed by atoms with Gasteiger partial charge in [-0.2, -0.15) is 5.26 Å². The van der Waals surface area contributed by atoms with E-state index in [-0.39, 0.29) is 39.3 Å². The van der Waals surface area contributed by atoms with E-state index >= 15 is 0 Å². The molecule has 0 radical (unpaired) electrons. The van der Waals surface area contributed by atoms with Crippen molar-refractivity contribution in [2.45, 2.75) is 26.7 Å². The lowest BCUT2D eigenvalue weighted by atomic mass is 10.0. The molecule has 0 unspecified atom stereocenters. The van der Waals surface area contributed by atoms with E-state index in [0.717, 1.165) is 42.9 Å². The fourth-order valence-corrected chi connectivity index (χ4v) is 4.82. The normalized spacial score (nSPS) is 10.9. The number of fused-ring (bicyclic) bond motifs is 1. The summed E-state index contributed by atoms with van der Waals surface area (Å²) in [6, 6.07) is 16.2. The second-order valence-electron chi connectivity index (χ2n) is 9.76. The minimum absolute atomic E-state index is 0.00587. The largest absolute Gasteiger partial charge is 0.385 e. The molecular formula is C31H27N7O4. The third kappa shape index (κ3) is 4.97. The smallest absolute Gasteiger partial charge is 0.200 e. The molecule has 0 atom stereocenters. The number of nitrogen functional groups attached to an aromatic ring is 1. The number of hydrazine groups is 1. The van der Waals surface area contributed by atoms with E-state index in [1.54, 1.807) is 6.92 Å². The van der Waals surface area contributed by atoms with E-state index in [2.05, 4.69) is 39.5 Å². The van der Waals surface area contributed by atoms with Gasteiger partial charge in [-0.25, -0.2) is 4.98 Å². The Morgan fingerprint density at radius 1 is 0.881 bits per heavy atom. The van der Waals surface area contributed by atoms with Crippen molar-refractivity contribution in [2.75, 3.05) is 33.8 Å². The molecule has 0 bridgehead atoms. The highest BCUT2D eigenvalue weighted by Gasteiger charge is 2.18. The number of rotatable bonds is 9. The van der Waals surface area contributed by atoms with Gasteiger partial charge in [0.15, 0.2) is 27.9 Å². The number of nitrogens with zero attached hydrogens (tertiary/aromatic N) is 2. The fourth-order valence-electron chi connectivity index (χ4n) is 4.82. The first kappa shape index (κ1) is 27.8. The maximum Gasteiger partial charge on any atom is 0.200 e. The van der Waals surface area contributed by atoms with Crippen LogP contribution in [-0.4, -0.2) is 11.5 Å². The average Bonchev–Trinajstić information content (AvgIpc) is 2.98. The molecule has 1 aromatic heterocycles. The summed E-state index contributed by atoms with van der Waals surface area (Å²) in [4.78, 5) is 55.6. The lowest BCUT2D eigenvalue weighted by molar-refractivity contribution is 0.834. The molecule has 2 aliphatic carbocycles. The molecular weight excluding hydrogens is 534 g/mol. The third-order valence-corrected chi connectivity index (χ3v) is 7.04. The van der Waals surface area contributed by atoms with Crippen LogP contribution in [0.2, 0.25) is 0 Å². The van der Waals surface area contributed by atoms with Gasteiger partial charge in [-0.15, -0.1) is 0 Å². The van der Waals surface area contributed by atoms with Crippen LogP contribution in [-0.2, 0) is 0 Å². The topological polar surface area (TPSA) is 179 Å². The third-order valence-electron chi connectivity index (χ3n) is 7.04. The zero-order valence-corrected chi connectivity index (χ0v) is 22.9. The monoisotopic (exact) mass is 561 g/mol. The van der Waals surface area contributed by atoms with Crippen molar-refractivity contribution < 1.29 is 0 Å². The highest BCUT2D eigenvalue weighted by atomic mass is 16.1. The van der Waals surface area contributed by atoms with E-state index in [1.807, 2.05) is 24.3 Å². The van der Waals surface area contributed by atoms with Gasteiger partial charge in [0.05, 0.1) is 27.1 Å². The minimum Gasteiger partial charge on any atom is -0.385 e. The number of nitrogens with two attached hydrogens (primary N) is 1. The highest BCUT2D eigenvalue weighted by molar-refractivity contribution is 5.94. The molecule has 6 N–H and O–H groups in total. The number of hydrogen-bond donors (Lipinski definition) is 5. The van der Waals surface area contributed by atoms with E-state index in [4.69, 9.17) is 5.73 Å². The number of unbranched alkanes of at least 4 members (excludes halogenated alkanes) is 1. The first-order valence-electron chi connectivity index (χ1n) is 13.3. The highest BCUT2D eigenvalue weighted by Crippen LogP contribution is 2.31. The Balaban J connectivity index is 1.48. The van der Waals surface area contributed by atoms with Crippen molar-refractivity contribution in [2.24, 2.45) is 0 Å². The van der Waals surface area contributed by atoms with Crippen LogP contribution in [0.25, 0.3) is 10.8 Å². The summed E-state index contributed by atoms with van der Waals surface area (Å²) in [6.45, 7) is 4.70. The summed E-state index contributed by atoms with van der Waals surface area (Å²) >= 11 is 0. The second kappa shape index (κ2) is 11.4. The first-order valence-corrected chi connectivity index (χ1v) is 13.3. The summed E-state index contributed by atoms with van der Waals surface area (Å²) < 4.78 is 0. The van der Waals surface area contributed by atoms with E-state index < -0.39 is 32.2 Å². The van der Waals surface area contributed by atoms with Crippen molar-refractivity contribution >= 4 is 45.2 Å². The van der Waals surface area contributed by atoms with Crippen molar-refractivity contribution in [3.63, 3.8) is 0 Å². The molecule has 2 aromatic carbocycles. The zero-order valence-electron chi connectivity index (χ0n) is 22.9. The van der Waals surface area contributed by atoms with Crippen LogP contribution >= 0.6 is 0 Å². The molecule has 0 spiro atoms. The molecule has 0 fully saturated rings. The van der Waals surface area contributed by atoms with Crippen LogP contribution in [0.1, 0.15) is 30.9 Å². The number of nitrogens with one attached hydrogen (secondary N) is 4. The molecule has 2 aliphatic rings. The molecule has 5 rings (SSSR count). The Bertz CT molecular complexity index is 2150. The average molecular weight is 562 g/mol. The second-order valence-corrected chi connectivity index (χ2v) is 9.76.